The number of aryl methyl sites for hydroxylation is 1. The smallest absolute Gasteiger partial charge is 0.272 e. The van der Waals surface area contributed by atoms with Crippen LogP contribution < -0.4 is 20.2 Å². The van der Waals surface area contributed by atoms with E-state index in [4.69, 9.17) is 4.74 Å². The average molecular weight is 484 g/mol. The first-order chi connectivity index (χ1) is 16.1. The van der Waals surface area contributed by atoms with Gasteiger partial charge in [-0.25, -0.2) is 13.1 Å². The zero-order chi connectivity index (χ0) is 24.9. The standard InChI is InChI=1S/C25H29N3O5S/c1-17(2)27-25(30)23-24(33-16-19-10-6-5-7-11-19)22(29)14-20(28(23)4)15-26-34(31,32)21-12-8-9-18(3)13-21/h5-14,17,26H,15-16H2,1-4H3,(H,27,30). The van der Waals surface area contributed by atoms with Gasteiger partial charge in [0.2, 0.25) is 15.5 Å². The number of sulfonamides is 1. The third-order valence-electron chi connectivity index (χ3n) is 5.11. The van der Waals surface area contributed by atoms with Crippen molar-refractivity contribution in [3.63, 3.8) is 0 Å². The molecular formula is C25H29N3O5S. The molecule has 0 atom stereocenters. The summed E-state index contributed by atoms with van der Waals surface area (Å²) >= 11 is 0. The first kappa shape index (κ1) is 25.2. The quantitative estimate of drug-likeness (QED) is 0.487. The van der Waals surface area contributed by atoms with Crippen molar-refractivity contribution in [2.24, 2.45) is 7.05 Å². The molecule has 0 fully saturated rings. The molecule has 0 bridgehead atoms. The van der Waals surface area contributed by atoms with Gasteiger partial charge < -0.3 is 14.6 Å². The highest BCUT2D eigenvalue weighted by molar-refractivity contribution is 7.89. The number of benzene rings is 2. The van der Waals surface area contributed by atoms with Gasteiger partial charge in [0, 0.05) is 24.8 Å². The van der Waals surface area contributed by atoms with Crippen LogP contribution in [0.2, 0.25) is 0 Å². The summed E-state index contributed by atoms with van der Waals surface area (Å²) in [6, 6.07) is 16.9. The maximum absolute atomic E-state index is 13.0. The van der Waals surface area contributed by atoms with E-state index in [2.05, 4.69) is 10.0 Å². The van der Waals surface area contributed by atoms with E-state index in [1.54, 1.807) is 46.0 Å². The molecule has 2 N–H and O–H groups in total. The van der Waals surface area contributed by atoms with Gasteiger partial charge in [0.25, 0.3) is 5.91 Å². The lowest BCUT2D eigenvalue weighted by molar-refractivity contribution is 0.0927. The fourth-order valence-corrected chi connectivity index (χ4v) is 4.49. The number of hydrogen-bond donors (Lipinski definition) is 2. The van der Waals surface area contributed by atoms with Crippen molar-refractivity contribution in [2.75, 3.05) is 0 Å². The maximum Gasteiger partial charge on any atom is 0.272 e. The zero-order valence-corrected chi connectivity index (χ0v) is 20.5. The number of nitrogens with zero attached hydrogens (tertiary/aromatic N) is 1. The van der Waals surface area contributed by atoms with E-state index in [9.17, 15) is 18.0 Å². The van der Waals surface area contributed by atoms with Crippen LogP contribution in [0.5, 0.6) is 5.75 Å². The van der Waals surface area contributed by atoms with Crippen LogP contribution in [0, 0.1) is 6.92 Å². The normalized spacial score (nSPS) is 11.4. The van der Waals surface area contributed by atoms with E-state index < -0.39 is 21.4 Å². The second kappa shape index (κ2) is 10.7. The van der Waals surface area contributed by atoms with E-state index in [1.807, 2.05) is 30.3 Å². The monoisotopic (exact) mass is 483 g/mol. The van der Waals surface area contributed by atoms with Gasteiger partial charge in [-0.2, -0.15) is 0 Å². The number of aromatic nitrogens is 1. The van der Waals surface area contributed by atoms with Gasteiger partial charge in [0.05, 0.1) is 11.4 Å². The SMILES string of the molecule is Cc1cccc(S(=O)(=O)NCc2cc(=O)c(OCc3ccccc3)c(C(=O)NC(C)C)n2C)c1. The minimum Gasteiger partial charge on any atom is -0.483 e. The molecule has 9 heteroatoms. The Balaban J connectivity index is 1.94. The van der Waals surface area contributed by atoms with Crippen LogP contribution in [0.4, 0.5) is 0 Å². The molecule has 1 heterocycles. The first-order valence-corrected chi connectivity index (χ1v) is 12.3. The second-order valence-corrected chi connectivity index (χ2v) is 10.0. The van der Waals surface area contributed by atoms with Gasteiger partial charge in [-0.15, -0.1) is 0 Å². The number of rotatable bonds is 9. The molecule has 0 aliphatic carbocycles. The molecule has 2 aromatic carbocycles. The van der Waals surface area contributed by atoms with Gasteiger partial charge >= 0.3 is 0 Å². The molecule has 1 amide bonds. The first-order valence-electron chi connectivity index (χ1n) is 10.9. The molecular weight excluding hydrogens is 454 g/mol. The van der Waals surface area contributed by atoms with Gasteiger partial charge in [0.15, 0.2) is 11.4 Å². The van der Waals surface area contributed by atoms with Gasteiger partial charge in [0.1, 0.15) is 6.61 Å². The van der Waals surface area contributed by atoms with Crippen LogP contribution in [0.1, 0.15) is 41.2 Å². The number of pyridine rings is 1. The molecule has 0 spiro atoms. The van der Waals surface area contributed by atoms with Crippen molar-refractivity contribution in [3.05, 3.63) is 93.4 Å². The number of carbonyl (C=O) groups excluding carboxylic acids is 1. The van der Waals surface area contributed by atoms with Crippen molar-refractivity contribution in [2.45, 2.75) is 44.9 Å². The molecule has 1 aromatic heterocycles. The molecule has 0 saturated heterocycles. The predicted octanol–water partition coefficient (Wildman–Crippen LogP) is 2.89. The Morgan fingerprint density at radius 3 is 2.41 bits per heavy atom. The van der Waals surface area contributed by atoms with Crippen molar-refractivity contribution in [1.29, 1.82) is 0 Å². The van der Waals surface area contributed by atoms with Crippen LogP contribution in [0.25, 0.3) is 0 Å². The lowest BCUT2D eigenvalue weighted by atomic mass is 10.2. The number of amides is 1. The van der Waals surface area contributed by atoms with E-state index in [1.165, 1.54) is 16.7 Å². The Morgan fingerprint density at radius 2 is 1.76 bits per heavy atom. The molecule has 0 aliphatic rings. The fourth-order valence-electron chi connectivity index (χ4n) is 3.39. The second-order valence-electron chi connectivity index (χ2n) is 8.28. The largest absolute Gasteiger partial charge is 0.483 e. The van der Waals surface area contributed by atoms with E-state index in [0.29, 0.717) is 5.69 Å². The summed E-state index contributed by atoms with van der Waals surface area (Å²) in [5.41, 5.74) is 1.49. The van der Waals surface area contributed by atoms with Crippen LogP contribution >= 0.6 is 0 Å². The van der Waals surface area contributed by atoms with Gasteiger partial charge in [-0.1, -0.05) is 42.5 Å². The topological polar surface area (TPSA) is 106 Å². The van der Waals surface area contributed by atoms with Crippen LogP contribution in [0.3, 0.4) is 0 Å². The summed E-state index contributed by atoms with van der Waals surface area (Å²) < 4.78 is 35.3. The molecule has 0 aliphatic heterocycles. The molecule has 3 aromatic rings. The van der Waals surface area contributed by atoms with Crippen molar-refractivity contribution >= 4 is 15.9 Å². The van der Waals surface area contributed by atoms with Crippen LogP contribution in [-0.2, 0) is 30.2 Å². The summed E-state index contributed by atoms with van der Waals surface area (Å²) in [6.07, 6.45) is 0. The van der Waals surface area contributed by atoms with Crippen molar-refractivity contribution in [3.8, 4) is 5.75 Å². The predicted molar refractivity (Wildman–Crippen MR) is 130 cm³/mol. The molecule has 3 rings (SSSR count). The maximum atomic E-state index is 13.0. The summed E-state index contributed by atoms with van der Waals surface area (Å²) in [5.74, 6) is -0.573. The van der Waals surface area contributed by atoms with Crippen molar-refractivity contribution in [1.82, 2.24) is 14.6 Å². The van der Waals surface area contributed by atoms with E-state index in [-0.39, 0.29) is 35.5 Å². The third-order valence-corrected chi connectivity index (χ3v) is 6.51. The molecule has 8 nitrogen and oxygen atoms in total. The Kier molecular flexibility index (Phi) is 7.90. The van der Waals surface area contributed by atoms with E-state index >= 15 is 0 Å². The molecule has 0 radical (unpaired) electrons. The summed E-state index contributed by atoms with van der Waals surface area (Å²) in [7, 11) is -2.22. The Labute approximate surface area is 199 Å². The molecule has 0 unspecified atom stereocenters. The molecule has 34 heavy (non-hydrogen) atoms. The minimum absolute atomic E-state index is 0.0295. The highest BCUT2D eigenvalue weighted by Crippen LogP contribution is 2.18. The number of ether oxygens (including phenoxy) is 1. The molecule has 0 saturated carbocycles. The summed E-state index contributed by atoms with van der Waals surface area (Å²) in [6.45, 7) is 5.34. The zero-order valence-electron chi connectivity index (χ0n) is 19.7. The van der Waals surface area contributed by atoms with Gasteiger partial charge in [-0.3, -0.25) is 9.59 Å². The summed E-state index contributed by atoms with van der Waals surface area (Å²) in [5, 5.41) is 2.78. The number of carbonyl (C=O) groups is 1. The lowest BCUT2D eigenvalue weighted by Gasteiger charge is -2.19. The molecule has 180 valence electrons. The lowest BCUT2D eigenvalue weighted by Crippen LogP contribution is -2.35. The van der Waals surface area contributed by atoms with E-state index in [0.717, 1.165) is 11.1 Å². The highest BCUT2D eigenvalue weighted by Gasteiger charge is 2.23. The minimum atomic E-state index is -3.82. The average Bonchev–Trinajstić information content (AvgIpc) is 2.78. The Bertz CT molecular complexity index is 1330. The Hall–Kier alpha value is -3.43. The number of hydrogen-bond acceptors (Lipinski definition) is 5. The Morgan fingerprint density at radius 1 is 1.06 bits per heavy atom. The summed E-state index contributed by atoms with van der Waals surface area (Å²) in [4.78, 5) is 26.1. The van der Waals surface area contributed by atoms with Crippen LogP contribution in [-0.4, -0.2) is 24.9 Å². The van der Waals surface area contributed by atoms with Gasteiger partial charge in [-0.05, 0) is 44.0 Å². The third kappa shape index (κ3) is 6.12. The highest BCUT2D eigenvalue weighted by atomic mass is 32.2. The van der Waals surface area contributed by atoms with Crippen molar-refractivity contribution < 1.29 is 17.9 Å². The fraction of sp³-hybridized carbons (Fsp3) is 0.280. The number of nitrogens with one attached hydrogen (secondary N) is 2. The van der Waals surface area contributed by atoms with Crippen LogP contribution in [0.15, 0.2) is 70.4 Å².